The lowest BCUT2D eigenvalue weighted by molar-refractivity contribution is -0.166. The fourth-order valence-corrected chi connectivity index (χ4v) is 7.89. The molecule has 0 aliphatic heterocycles. The molecule has 0 aliphatic carbocycles. The van der Waals surface area contributed by atoms with Crippen LogP contribution >= 0.6 is 0 Å². The molecule has 0 aromatic heterocycles. The number of carbonyl (C=O) groups is 3. The van der Waals surface area contributed by atoms with Crippen LogP contribution in [0.25, 0.3) is 0 Å². The van der Waals surface area contributed by atoms with Gasteiger partial charge in [-0.25, -0.2) is 0 Å². The monoisotopic (exact) mass is 985 g/mol. The van der Waals surface area contributed by atoms with Crippen LogP contribution < -0.4 is 0 Å². The zero-order valence-corrected chi connectivity index (χ0v) is 46.2. The minimum Gasteiger partial charge on any atom is -0.462 e. The lowest BCUT2D eigenvalue weighted by Gasteiger charge is -2.18. The largest absolute Gasteiger partial charge is 0.462 e. The highest BCUT2D eigenvalue weighted by Gasteiger charge is 2.19. The van der Waals surface area contributed by atoms with E-state index in [4.69, 9.17) is 14.2 Å². The Labute approximate surface area is 438 Å². The Hall–Kier alpha value is -3.93. The van der Waals surface area contributed by atoms with E-state index in [1.54, 1.807) is 0 Å². The molecule has 0 aromatic carbocycles. The van der Waals surface area contributed by atoms with E-state index in [1.165, 1.54) is 116 Å². The first-order chi connectivity index (χ1) is 35.0. The van der Waals surface area contributed by atoms with Crippen LogP contribution in [-0.4, -0.2) is 37.2 Å². The highest BCUT2D eigenvalue weighted by Crippen LogP contribution is 2.15. The summed E-state index contributed by atoms with van der Waals surface area (Å²) in [6.45, 7) is 6.43. The fourth-order valence-electron chi connectivity index (χ4n) is 7.89. The molecule has 0 aliphatic rings. The minimum atomic E-state index is -0.817. The maximum Gasteiger partial charge on any atom is 0.306 e. The third-order valence-corrected chi connectivity index (χ3v) is 12.3. The summed E-state index contributed by atoms with van der Waals surface area (Å²) in [5.74, 6) is -1.00. The van der Waals surface area contributed by atoms with Crippen molar-refractivity contribution in [1.29, 1.82) is 0 Å². The van der Waals surface area contributed by atoms with Crippen molar-refractivity contribution < 1.29 is 28.6 Å². The molecule has 0 saturated carbocycles. The van der Waals surface area contributed by atoms with Crippen molar-refractivity contribution in [3.8, 4) is 0 Å². The predicted octanol–water partition coefficient (Wildman–Crippen LogP) is 19.9. The number of ether oxygens (including phenoxy) is 3. The van der Waals surface area contributed by atoms with Crippen molar-refractivity contribution in [2.75, 3.05) is 13.2 Å². The zero-order chi connectivity index (χ0) is 51.4. The van der Waals surface area contributed by atoms with Crippen molar-refractivity contribution in [2.45, 2.75) is 271 Å². The van der Waals surface area contributed by atoms with E-state index in [2.05, 4.69) is 124 Å². The molecule has 0 amide bonds. The third kappa shape index (κ3) is 56.9. The Morgan fingerprint density at radius 3 is 0.972 bits per heavy atom. The quantitative estimate of drug-likeness (QED) is 0.0261. The molecule has 6 nitrogen and oxygen atoms in total. The average Bonchev–Trinajstić information content (AvgIpc) is 3.37. The van der Waals surface area contributed by atoms with Crippen LogP contribution in [0.3, 0.4) is 0 Å². The molecular weight excluding hydrogens is 877 g/mol. The Balaban J connectivity index is 4.52. The SMILES string of the molecule is CC/C=C\C/C=C\C/C=C\C/C=C\C/C=C\C/C=C\CCC(=O)OC[C@@H](COC(=O)CCCCCCCCCCCCCCCCC)OC(=O)CCCCCCCC/C=C\C/C=C\C/C=C\CCCCC. The summed E-state index contributed by atoms with van der Waals surface area (Å²) >= 11 is 0. The van der Waals surface area contributed by atoms with Crippen LogP contribution in [0.15, 0.2) is 109 Å². The van der Waals surface area contributed by atoms with Crippen molar-refractivity contribution in [3.63, 3.8) is 0 Å². The molecule has 0 bridgehead atoms. The first kappa shape index (κ1) is 67.1. The lowest BCUT2D eigenvalue weighted by atomic mass is 10.0. The molecule has 0 rings (SSSR count). The first-order valence-corrected chi connectivity index (χ1v) is 29.4. The second-order valence-corrected chi connectivity index (χ2v) is 19.2. The molecule has 0 radical (unpaired) electrons. The van der Waals surface area contributed by atoms with Gasteiger partial charge in [0, 0.05) is 19.3 Å². The van der Waals surface area contributed by atoms with Gasteiger partial charge in [-0.1, -0.05) is 259 Å². The molecule has 0 aromatic rings. The van der Waals surface area contributed by atoms with Crippen molar-refractivity contribution in [2.24, 2.45) is 0 Å². The smallest absolute Gasteiger partial charge is 0.306 e. The predicted molar refractivity (Wildman–Crippen MR) is 307 cm³/mol. The van der Waals surface area contributed by atoms with Gasteiger partial charge in [-0.3, -0.25) is 14.4 Å². The molecule has 0 N–H and O–H groups in total. The van der Waals surface area contributed by atoms with Gasteiger partial charge in [0.15, 0.2) is 6.10 Å². The molecule has 0 fully saturated rings. The Morgan fingerprint density at radius 1 is 0.296 bits per heavy atom. The molecule has 71 heavy (non-hydrogen) atoms. The summed E-state index contributed by atoms with van der Waals surface area (Å²) in [6.07, 6.45) is 79.4. The van der Waals surface area contributed by atoms with E-state index in [9.17, 15) is 14.4 Å². The number of carbonyl (C=O) groups excluding carboxylic acids is 3. The Bertz CT molecular complexity index is 1460. The standard InChI is InChI=1S/C65H108O6/c1-4-7-10-13-16-19-22-25-28-30-32-34-37-40-43-46-49-52-55-58-64(67)70-61-62(60-69-63(66)57-54-51-48-45-42-39-36-27-24-21-18-15-12-9-6-3)71-65(68)59-56-53-50-47-44-41-38-35-33-31-29-26-23-20-17-14-11-8-5-2/h7,10,16-17,19-20,25-26,28-29,32-35,40,43,49,52,62H,4-6,8-9,11-15,18,21-24,27,30-31,36-39,41-42,44-48,50-51,53-61H2,1-3H3/b10-7-,19-16-,20-17-,28-25-,29-26-,34-32-,35-33-,43-40-,52-49-/t62-/m1/s1. The topological polar surface area (TPSA) is 78.9 Å². The molecule has 0 saturated heterocycles. The number of rotatable bonds is 52. The second kappa shape index (κ2) is 58.6. The number of allylic oxidation sites excluding steroid dienone is 18. The van der Waals surface area contributed by atoms with Gasteiger partial charge < -0.3 is 14.2 Å². The number of unbranched alkanes of at least 4 members (excludes halogenated alkanes) is 23. The van der Waals surface area contributed by atoms with Gasteiger partial charge in [0.1, 0.15) is 13.2 Å². The summed E-state index contributed by atoms with van der Waals surface area (Å²) in [6, 6.07) is 0. The maximum atomic E-state index is 12.9. The molecule has 404 valence electrons. The molecule has 1 atom stereocenters. The van der Waals surface area contributed by atoms with E-state index in [1.807, 2.05) is 6.08 Å². The minimum absolute atomic E-state index is 0.106. The Morgan fingerprint density at radius 2 is 0.577 bits per heavy atom. The zero-order valence-electron chi connectivity index (χ0n) is 46.2. The molecule has 6 heteroatoms. The van der Waals surface area contributed by atoms with Crippen LogP contribution in [0.4, 0.5) is 0 Å². The normalized spacial score (nSPS) is 12.9. The molecule has 0 heterocycles. The van der Waals surface area contributed by atoms with Crippen LogP contribution in [0, 0.1) is 0 Å². The van der Waals surface area contributed by atoms with Gasteiger partial charge >= 0.3 is 17.9 Å². The van der Waals surface area contributed by atoms with Gasteiger partial charge in [0.05, 0.1) is 0 Å². The summed E-state index contributed by atoms with van der Waals surface area (Å²) in [7, 11) is 0. The maximum absolute atomic E-state index is 12.9. The summed E-state index contributed by atoms with van der Waals surface area (Å²) in [5, 5.41) is 0. The van der Waals surface area contributed by atoms with Crippen molar-refractivity contribution in [3.05, 3.63) is 109 Å². The summed E-state index contributed by atoms with van der Waals surface area (Å²) < 4.78 is 16.8. The second-order valence-electron chi connectivity index (χ2n) is 19.2. The summed E-state index contributed by atoms with van der Waals surface area (Å²) in [5.41, 5.74) is 0. The van der Waals surface area contributed by atoms with Gasteiger partial charge in [-0.15, -0.1) is 0 Å². The van der Waals surface area contributed by atoms with Gasteiger partial charge in [-0.05, 0) is 96.3 Å². The number of esters is 3. The van der Waals surface area contributed by atoms with Crippen molar-refractivity contribution in [1.82, 2.24) is 0 Å². The van der Waals surface area contributed by atoms with Crippen LogP contribution in [0.2, 0.25) is 0 Å². The van der Waals surface area contributed by atoms with E-state index in [0.29, 0.717) is 19.3 Å². The highest BCUT2D eigenvalue weighted by molar-refractivity contribution is 5.71. The summed E-state index contributed by atoms with van der Waals surface area (Å²) in [4.78, 5) is 38.2. The van der Waals surface area contributed by atoms with Crippen molar-refractivity contribution >= 4 is 17.9 Å². The van der Waals surface area contributed by atoms with Gasteiger partial charge in [0.25, 0.3) is 0 Å². The van der Waals surface area contributed by atoms with Crippen LogP contribution in [0.1, 0.15) is 265 Å². The number of hydrogen-bond donors (Lipinski definition) is 0. The van der Waals surface area contributed by atoms with Gasteiger partial charge in [0.2, 0.25) is 0 Å². The molecule has 0 spiro atoms. The van der Waals surface area contributed by atoms with E-state index >= 15 is 0 Å². The van der Waals surface area contributed by atoms with E-state index in [-0.39, 0.29) is 37.5 Å². The average molecular weight is 986 g/mol. The molecule has 0 unspecified atom stereocenters. The van der Waals surface area contributed by atoms with E-state index < -0.39 is 6.10 Å². The Kier molecular flexibility index (Phi) is 55.4. The van der Waals surface area contributed by atoms with Gasteiger partial charge in [-0.2, -0.15) is 0 Å². The van der Waals surface area contributed by atoms with Crippen LogP contribution in [-0.2, 0) is 28.6 Å². The first-order valence-electron chi connectivity index (χ1n) is 29.4. The van der Waals surface area contributed by atoms with Crippen LogP contribution in [0.5, 0.6) is 0 Å². The lowest BCUT2D eigenvalue weighted by Crippen LogP contribution is -2.30. The molecular formula is C65H108O6. The highest BCUT2D eigenvalue weighted by atomic mass is 16.6. The third-order valence-electron chi connectivity index (χ3n) is 12.3. The van der Waals surface area contributed by atoms with E-state index in [0.717, 1.165) is 103 Å². The fraction of sp³-hybridized carbons (Fsp3) is 0.677. The number of hydrogen-bond acceptors (Lipinski definition) is 6.